The standard InChI is InChI=1S/C16H15N7O4S/c1-2-22(28)16(25)21-13-6-4-10-15(19-13)20-14(8-17-10)18-9-3-5-12(24)11(7-9)23(26)27/h3-8,24,28H,2H2,1H3,(H2,18,19,20,21,25). The molecule has 1 aromatic carbocycles. The molecule has 12 heteroatoms. The zero-order valence-corrected chi connectivity index (χ0v) is 15.4. The van der Waals surface area contributed by atoms with Gasteiger partial charge in [-0.05, 0) is 31.2 Å². The number of hydrogen-bond donors (Lipinski definition) is 4. The maximum absolute atomic E-state index is 11.9. The summed E-state index contributed by atoms with van der Waals surface area (Å²) in [5, 5.41) is 25.9. The number of phenols is 1. The Bertz CT molecular complexity index is 1060. The first-order chi connectivity index (χ1) is 13.4. The van der Waals surface area contributed by atoms with Crippen LogP contribution in [-0.2, 0) is 0 Å². The molecule has 2 heterocycles. The number of urea groups is 1. The molecule has 0 radical (unpaired) electrons. The smallest absolute Gasteiger partial charge is 0.332 e. The molecule has 3 aromatic rings. The first-order valence-corrected chi connectivity index (χ1v) is 8.43. The van der Waals surface area contributed by atoms with Crippen LogP contribution in [0.25, 0.3) is 11.2 Å². The van der Waals surface area contributed by atoms with Crippen LogP contribution in [0.3, 0.4) is 0 Å². The quantitative estimate of drug-likeness (QED) is 0.221. The van der Waals surface area contributed by atoms with Crippen molar-refractivity contribution >= 4 is 53.0 Å². The van der Waals surface area contributed by atoms with E-state index in [1.807, 2.05) is 0 Å². The van der Waals surface area contributed by atoms with Crippen molar-refractivity contribution in [1.82, 2.24) is 19.3 Å². The molecule has 2 amide bonds. The highest BCUT2D eigenvalue weighted by atomic mass is 32.1. The monoisotopic (exact) mass is 401 g/mol. The van der Waals surface area contributed by atoms with E-state index in [0.29, 0.717) is 17.7 Å². The molecule has 2 aromatic heterocycles. The molecular weight excluding hydrogens is 386 g/mol. The Morgan fingerprint density at radius 3 is 2.75 bits per heavy atom. The van der Waals surface area contributed by atoms with E-state index < -0.39 is 22.4 Å². The number of pyridine rings is 1. The second-order valence-electron chi connectivity index (χ2n) is 5.53. The van der Waals surface area contributed by atoms with Crippen molar-refractivity contribution in [3.63, 3.8) is 0 Å². The van der Waals surface area contributed by atoms with Crippen molar-refractivity contribution in [2.75, 3.05) is 17.2 Å². The van der Waals surface area contributed by atoms with Crippen LogP contribution in [0.1, 0.15) is 6.92 Å². The normalized spacial score (nSPS) is 10.5. The number of thiol groups is 1. The Labute approximate surface area is 164 Å². The van der Waals surface area contributed by atoms with Gasteiger partial charge in [0.1, 0.15) is 11.3 Å². The van der Waals surface area contributed by atoms with Gasteiger partial charge in [-0.3, -0.25) is 19.7 Å². The summed E-state index contributed by atoms with van der Waals surface area (Å²) in [6.07, 6.45) is 1.44. The van der Waals surface area contributed by atoms with Crippen LogP contribution in [0.4, 0.5) is 27.8 Å². The lowest BCUT2D eigenvalue weighted by Gasteiger charge is -2.13. The summed E-state index contributed by atoms with van der Waals surface area (Å²) in [6.45, 7) is 2.19. The molecule has 0 fully saturated rings. The zero-order chi connectivity index (χ0) is 20.3. The average molecular weight is 401 g/mol. The highest BCUT2D eigenvalue weighted by molar-refractivity contribution is 7.78. The third kappa shape index (κ3) is 4.17. The molecule has 3 rings (SSSR count). The molecule has 0 saturated heterocycles. The predicted octanol–water partition coefficient (Wildman–Crippen LogP) is 3.08. The summed E-state index contributed by atoms with van der Waals surface area (Å²) in [5.41, 5.74) is 0.669. The lowest BCUT2D eigenvalue weighted by Crippen LogP contribution is -2.27. The number of aromatic nitrogens is 3. The zero-order valence-electron chi connectivity index (χ0n) is 14.5. The van der Waals surface area contributed by atoms with E-state index in [2.05, 4.69) is 38.4 Å². The molecule has 3 N–H and O–H groups in total. The number of aromatic hydroxyl groups is 1. The number of rotatable bonds is 5. The number of anilines is 3. The van der Waals surface area contributed by atoms with Crippen molar-refractivity contribution in [3.8, 4) is 5.75 Å². The van der Waals surface area contributed by atoms with Crippen LogP contribution < -0.4 is 10.6 Å². The Hall–Kier alpha value is -3.67. The third-order valence-corrected chi connectivity index (χ3v) is 4.08. The number of nitrogens with zero attached hydrogens (tertiary/aromatic N) is 5. The van der Waals surface area contributed by atoms with Gasteiger partial charge in [-0.1, -0.05) is 12.8 Å². The van der Waals surface area contributed by atoms with Crippen LogP contribution in [0.5, 0.6) is 5.75 Å². The minimum atomic E-state index is -0.690. The van der Waals surface area contributed by atoms with Gasteiger partial charge in [0.2, 0.25) is 0 Å². The molecule has 0 unspecified atom stereocenters. The lowest BCUT2D eigenvalue weighted by atomic mass is 10.2. The number of carbonyl (C=O) groups excluding carboxylic acids is 1. The molecule has 144 valence electrons. The number of benzene rings is 1. The Balaban J connectivity index is 1.86. The minimum absolute atomic E-state index is 0.262. The van der Waals surface area contributed by atoms with Gasteiger partial charge in [0.15, 0.2) is 17.2 Å². The van der Waals surface area contributed by atoms with Gasteiger partial charge in [-0.2, -0.15) is 0 Å². The number of phenolic OH excluding ortho intramolecular Hbond substituents is 1. The summed E-state index contributed by atoms with van der Waals surface area (Å²) in [4.78, 5) is 34.9. The van der Waals surface area contributed by atoms with Crippen molar-refractivity contribution < 1.29 is 14.8 Å². The van der Waals surface area contributed by atoms with Crippen molar-refractivity contribution in [3.05, 3.63) is 46.6 Å². The summed E-state index contributed by atoms with van der Waals surface area (Å²) in [7, 11) is 0. The predicted molar refractivity (Wildman–Crippen MR) is 106 cm³/mol. The molecule has 0 spiro atoms. The van der Waals surface area contributed by atoms with E-state index in [4.69, 9.17) is 0 Å². The fourth-order valence-electron chi connectivity index (χ4n) is 2.24. The molecule has 0 aliphatic rings. The van der Waals surface area contributed by atoms with Crippen LogP contribution in [0.15, 0.2) is 36.5 Å². The fraction of sp³-hybridized carbons (Fsp3) is 0.125. The SMILES string of the molecule is CCN(S)C(=O)Nc1ccc2ncc(Nc3ccc(O)c([N+](=O)[O-])c3)nc2n1. The molecule has 0 saturated carbocycles. The van der Waals surface area contributed by atoms with Crippen molar-refractivity contribution in [2.45, 2.75) is 6.92 Å². The Morgan fingerprint density at radius 2 is 2.04 bits per heavy atom. The minimum Gasteiger partial charge on any atom is -0.502 e. The molecule has 0 aliphatic carbocycles. The molecule has 28 heavy (non-hydrogen) atoms. The second-order valence-corrected chi connectivity index (χ2v) is 6.01. The van der Waals surface area contributed by atoms with E-state index in [1.165, 1.54) is 28.7 Å². The number of carbonyl (C=O) groups is 1. The van der Waals surface area contributed by atoms with Gasteiger partial charge in [-0.25, -0.2) is 19.7 Å². The largest absolute Gasteiger partial charge is 0.502 e. The van der Waals surface area contributed by atoms with Crippen LogP contribution in [0.2, 0.25) is 0 Å². The van der Waals surface area contributed by atoms with E-state index in [-0.39, 0.29) is 17.3 Å². The number of amides is 2. The maximum Gasteiger partial charge on any atom is 0.332 e. The molecule has 0 aliphatic heterocycles. The number of nitro groups is 1. The van der Waals surface area contributed by atoms with Gasteiger partial charge in [0.25, 0.3) is 0 Å². The van der Waals surface area contributed by atoms with Gasteiger partial charge in [0.05, 0.1) is 11.1 Å². The van der Waals surface area contributed by atoms with Gasteiger partial charge >= 0.3 is 11.7 Å². The topological polar surface area (TPSA) is 146 Å². The summed E-state index contributed by atoms with van der Waals surface area (Å²) < 4.78 is 1.19. The van der Waals surface area contributed by atoms with Crippen molar-refractivity contribution in [1.29, 1.82) is 0 Å². The highest BCUT2D eigenvalue weighted by Gasteiger charge is 2.14. The van der Waals surface area contributed by atoms with E-state index >= 15 is 0 Å². The average Bonchev–Trinajstić information content (AvgIpc) is 2.68. The number of nitro benzene ring substituents is 1. The van der Waals surface area contributed by atoms with Crippen LogP contribution in [-0.4, -0.2) is 41.9 Å². The van der Waals surface area contributed by atoms with E-state index in [0.717, 1.165) is 0 Å². The molecule has 0 atom stereocenters. The Kier molecular flexibility index (Phi) is 5.40. The summed E-state index contributed by atoms with van der Waals surface area (Å²) in [6, 6.07) is 6.65. The third-order valence-electron chi connectivity index (χ3n) is 3.62. The van der Waals surface area contributed by atoms with Gasteiger partial charge in [-0.15, -0.1) is 0 Å². The Morgan fingerprint density at radius 1 is 1.29 bits per heavy atom. The first kappa shape index (κ1) is 19.1. The van der Waals surface area contributed by atoms with Gasteiger partial charge in [0, 0.05) is 18.3 Å². The lowest BCUT2D eigenvalue weighted by molar-refractivity contribution is -0.385. The number of nitrogens with one attached hydrogen (secondary N) is 2. The van der Waals surface area contributed by atoms with Gasteiger partial charge < -0.3 is 10.4 Å². The number of fused-ring (bicyclic) bond motifs is 1. The maximum atomic E-state index is 11.9. The van der Waals surface area contributed by atoms with E-state index in [9.17, 15) is 20.0 Å². The highest BCUT2D eigenvalue weighted by Crippen LogP contribution is 2.29. The van der Waals surface area contributed by atoms with Crippen molar-refractivity contribution in [2.24, 2.45) is 0 Å². The fourth-order valence-corrected chi connectivity index (χ4v) is 2.29. The number of hydrogen-bond acceptors (Lipinski definition) is 9. The first-order valence-electron chi connectivity index (χ1n) is 8.03. The molecule has 0 bridgehead atoms. The molecule has 11 nitrogen and oxygen atoms in total. The summed E-state index contributed by atoms with van der Waals surface area (Å²) >= 11 is 4.02. The summed E-state index contributed by atoms with van der Waals surface area (Å²) in [5.74, 6) is 0.122. The second kappa shape index (κ2) is 7.92. The van der Waals surface area contributed by atoms with E-state index in [1.54, 1.807) is 19.1 Å². The van der Waals surface area contributed by atoms with Crippen LogP contribution >= 0.6 is 12.8 Å². The molecular formula is C16H15N7O4S. The van der Waals surface area contributed by atoms with Crippen LogP contribution in [0, 0.1) is 10.1 Å².